The van der Waals surface area contributed by atoms with Gasteiger partial charge in [0.05, 0.1) is 12.0 Å². The molecular weight excluding hydrogens is 264 g/mol. The quantitative estimate of drug-likeness (QED) is 0.803. The standard InChI is InChI=1S/C16H18N4O/c1-11-6-5-9-14(18-11)19-16(21)13-10-17-20-15(13)12-7-3-2-4-8-12/h2-9,13,15,17,20H,10H2,1H3,(H,18,19,21). The number of nitrogens with one attached hydrogen (secondary N) is 3. The summed E-state index contributed by atoms with van der Waals surface area (Å²) in [6.07, 6.45) is 0. The molecule has 2 atom stereocenters. The summed E-state index contributed by atoms with van der Waals surface area (Å²) in [5.74, 6) is 0.396. The number of rotatable bonds is 3. The summed E-state index contributed by atoms with van der Waals surface area (Å²) in [6, 6.07) is 15.5. The predicted molar refractivity (Wildman–Crippen MR) is 81.4 cm³/mol. The number of aromatic nitrogens is 1. The van der Waals surface area contributed by atoms with Crippen molar-refractivity contribution in [3.05, 3.63) is 59.8 Å². The minimum Gasteiger partial charge on any atom is -0.310 e. The summed E-state index contributed by atoms with van der Waals surface area (Å²) < 4.78 is 0. The van der Waals surface area contributed by atoms with Crippen LogP contribution in [0.3, 0.4) is 0 Å². The highest BCUT2D eigenvalue weighted by molar-refractivity contribution is 5.92. The second kappa shape index (κ2) is 6.03. The van der Waals surface area contributed by atoms with Gasteiger partial charge >= 0.3 is 0 Å². The first-order chi connectivity index (χ1) is 10.2. The van der Waals surface area contributed by atoms with Gasteiger partial charge < -0.3 is 5.32 Å². The maximum Gasteiger partial charge on any atom is 0.231 e. The summed E-state index contributed by atoms with van der Waals surface area (Å²) >= 11 is 0. The smallest absolute Gasteiger partial charge is 0.231 e. The Bertz CT molecular complexity index is 629. The SMILES string of the molecule is Cc1cccc(NC(=O)C2CNNC2c2ccccc2)n1. The molecule has 1 aliphatic rings. The van der Waals surface area contributed by atoms with Gasteiger partial charge in [-0.15, -0.1) is 0 Å². The van der Waals surface area contributed by atoms with Crippen LogP contribution < -0.4 is 16.2 Å². The molecule has 1 fully saturated rings. The van der Waals surface area contributed by atoms with E-state index in [4.69, 9.17) is 0 Å². The lowest BCUT2D eigenvalue weighted by Crippen LogP contribution is -2.30. The van der Waals surface area contributed by atoms with E-state index < -0.39 is 0 Å². The van der Waals surface area contributed by atoms with Crippen LogP contribution in [-0.2, 0) is 4.79 Å². The molecule has 0 aliphatic carbocycles. The molecule has 0 spiro atoms. The molecule has 3 rings (SSSR count). The molecule has 1 aliphatic heterocycles. The zero-order valence-electron chi connectivity index (χ0n) is 11.8. The third-order valence-electron chi connectivity index (χ3n) is 3.62. The monoisotopic (exact) mass is 282 g/mol. The van der Waals surface area contributed by atoms with Crippen molar-refractivity contribution in [1.82, 2.24) is 15.8 Å². The number of amides is 1. The second-order valence-corrected chi connectivity index (χ2v) is 5.17. The molecule has 2 heterocycles. The van der Waals surface area contributed by atoms with Crippen LogP contribution in [0.25, 0.3) is 0 Å². The van der Waals surface area contributed by atoms with Crippen molar-refractivity contribution < 1.29 is 4.79 Å². The normalized spacial score (nSPS) is 21.2. The fourth-order valence-corrected chi connectivity index (χ4v) is 2.55. The molecule has 5 nitrogen and oxygen atoms in total. The van der Waals surface area contributed by atoms with Crippen LogP contribution in [0.15, 0.2) is 48.5 Å². The molecule has 0 saturated carbocycles. The Hall–Kier alpha value is -2.24. The van der Waals surface area contributed by atoms with E-state index in [-0.39, 0.29) is 17.9 Å². The molecule has 1 aromatic heterocycles. The molecular formula is C16H18N4O. The first-order valence-corrected chi connectivity index (χ1v) is 7.02. The Kier molecular flexibility index (Phi) is 3.94. The van der Waals surface area contributed by atoms with E-state index in [1.165, 1.54) is 0 Å². The molecule has 0 radical (unpaired) electrons. The van der Waals surface area contributed by atoms with Crippen LogP contribution in [0.2, 0.25) is 0 Å². The van der Waals surface area contributed by atoms with Crippen molar-refractivity contribution in [3.63, 3.8) is 0 Å². The first kappa shape index (κ1) is 13.7. The van der Waals surface area contributed by atoms with Gasteiger partial charge in [-0.3, -0.25) is 10.2 Å². The first-order valence-electron chi connectivity index (χ1n) is 7.02. The van der Waals surface area contributed by atoms with Crippen LogP contribution in [-0.4, -0.2) is 17.4 Å². The second-order valence-electron chi connectivity index (χ2n) is 5.17. The highest BCUT2D eigenvalue weighted by atomic mass is 16.2. The largest absolute Gasteiger partial charge is 0.310 e. The molecule has 5 heteroatoms. The molecule has 108 valence electrons. The van der Waals surface area contributed by atoms with Gasteiger partial charge in [-0.1, -0.05) is 36.4 Å². The van der Waals surface area contributed by atoms with E-state index >= 15 is 0 Å². The van der Waals surface area contributed by atoms with Crippen LogP contribution in [0.4, 0.5) is 5.82 Å². The lowest BCUT2D eigenvalue weighted by Gasteiger charge is -2.18. The number of pyridine rings is 1. The number of nitrogens with zero attached hydrogens (tertiary/aromatic N) is 1. The Labute approximate surface area is 123 Å². The van der Waals surface area contributed by atoms with Crippen molar-refractivity contribution in [3.8, 4) is 0 Å². The summed E-state index contributed by atoms with van der Waals surface area (Å²) in [5, 5.41) is 2.89. The van der Waals surface area contributed by atoms with E-state index in [2.05, 4.69) is 21.2 Å². The van der Waals surface area contributed by atoms with Gasteiger partial charge in [0, 0.05) is 12.2 Å². The van der Waals surface area contributed by atoms with Crippen LogP contribution in [0.1, 0.15) is 17.3 Å². The summed E-state index contributed by atoms with van der Waals surface area (Å²) in [5.41, 5.74) is 8.22. The Balaban J connectivity index is 1.74. The highest BCUT2D eigenvalue weighted by Gasteiger charge is 2.33. The summed E-state index contributed by atoms with van der Waals surface area (Å²) in [4.78, 5) is 16.8. The topological polar surface area (TPSA) is 66.1 Å². The van der Waals surface area contributed by atoms with Gasteiger partial charge in [-0.2, -0.15) is 0 Å². The number of hydrogen-bond acceptors (Lipinski definition) is 4. The van der Waals surface area contributed by atoms with Crippen molar-refractivity contribution >= 4 is 11.7 Å². The molecule has 21 heavy (non-hydrogen) atoms. The van der Waals surface area contributed by atoms with E-state index in [1.54, 1.807) is 6.07 Å². The van der Waals surface area contributed by atoms with E-state index in [9.17, 15) is 4.79 Å². The van der Waals surface area contributed by atoms with Crippen LogP contribution in [0, 0.1) is 12.8 Å². The maximum absolute atomic E-state index is 12.5. The van der Waals surface area contributed by atoms with Gasteiger partial charge in [0.2, 0.25) is 5.91 Å². The van der Waals surface area contributed by atoms with Crippen molar-refractivity contribution in [2.24, 2.45) is 5.92 Å². The number of carbonyl (C=O) groups excluding carboxylic acids is 1. The van der Waals surface area contributed by atoms with Gasteiger partial charge in [0.15, 0.2) is 0 Å². The van der Waals surface area contributed by atoms with E-state index in [0.29, 0.717) is 12.4 Å². The Morgan fingerprint density at radius 3 is 2.76 bits per heavy atom. The van der Waals surface area contributed by atoms with Gasteiger partial charge in [-0.25, -0.2) is 10.4 Å². The molecule has 2 unspecified atom stereocenters. The van der Waals surface area contributed by atoms with Gasteiger partial charge in [0.25, 0.3) is 0 Å². The third-order valence-corrected chi connectivity index (χ3v) is 3.62. The highest BCUT2D eigenvalue weighted by Crippen LogP contribution is 2.25. The van der Waals surface area contributed by atoms with Crippen molar-refractivity contribution in [1.29, 1.82) is 0 Å². The Morgan fingerprint density at radius 1 is 1.19 bits per heavy atom. The van der Waals surface area contributed by atoms with Gasteiger partial charge in [0.1, 0.15) is 5.82 Å². The summed E-state index contributed by atoms with van der Waals surface area (Å²) in [6.45, 7) is 2.50. The fourth-order valence-electron chi connectivity index (χ4n) is 2.55. The average Bonchev–Trinajstić information content (AvgIpc) is 2.98. The maximum atomic E-state index is 12.5. The Morgan fingerprint density at radius 2 is 2.00 bits per heavy atom. The lowest BCUT2D eigenvalue weighted by molar-refractivity contribution is -0.119. The lowest BCUT2D eigenvalue weighted by atomic mass is 9.94. The van der Waals surface area contributed by atoms with Crippen LogP contribution >= 0.6 is 0 Å². The molecule has 1 amide bonds. The number of benzene rings is 1. The minimum atomic E-state index is -0.172. The number of hydrogen-bond donors (Lipinski definition) is 3. The molecule has 3 N–H and O–H groups in total. The van der Waals surface area contributed by atoms with Crippen molar-refractivity contribution in [2.75, 3.05) is 11.9 Å². The third kappa shape index (κ3) is 3.09. The number of anilines is 1. The summed E-state index contributed by atoms with van der Waals surface area (Å²) in [7, 11) is 0. The zero-order valence-corrected chi connectivity index (χ0v) is 11.8. The van der Waals surface area contributed by atoms with E-state index in [1.807, 2.05) is 49.4 Å². The van der Waals surface area contributed by atoms with Crippen LogP contribution in [0.5, 0.6) is 0 Å². The number of carbonyl (C=O) groups is 1. The zero-order chi connectivity index (χ0) is 14.7. The average molecular weight is 282 g/mol. The van der Waals surface area contributed by atoms with E-state index in [0.717, 1.165) is 11.3 Å². The fraction of sp³-hybridized carbons (Fsp3) is 0.250. The molecule has 2 aromatic rings. The number of hydrazine groups is 1. The van der Waals surface area contributed by atoms with Gasteiger partial charge in [-0.05, 0) is 24.6 Å². The van der Waals surface area contributed by atoms with Crippen molar-refractivity contribution in [2.45, 2.75) is 13.0 Å². The molecule has 1 saturated heterocycles. The predicted octanol–water partition coefficient (Wildman–Crippen LogP) is 1.79. The molecule has 1 aromatic carbocycles. The molecule has 0 bridgehead atoms. The number of aryl methyl sites for hydroxylation is 1. The minimum absolute atomic E-state index is 0.0283.